The second kappa shape index (κ2) is 11.2. The van der Waals surface area contributed by atoms with Crippen LogP contribution in [0.25, 0.3) is 0 Å². The number of halogens is 2. The van der Waals surface area contributed by atoms with Gasteiger partial charge in [0, 0.05) is 25.9 Å². The van der Waals surface area contributed by atoms with Gasteiger partial charge in [0.2, 0.25) is 11.8 Å². The van der Waals surface area contributed by atoms with Crippen LogP contribution in [-0.4, -0.2) is 29.3 Å². The molecule has 0 unspecified atom stereocenters. The van der Waals surface area contributed by atoms with Gasteiger partial charge in [-0.25, -0.2) is 0 Å². The maximum atomic E-state index is 13.1. The summed E-state index contributed by atoms with van der Waals surface area (Å²) in [5.41, 5.74) is 1.83. The third-order valence-corrected chi connectivity index (χ3v) is 5.33. The zero-order valence-corrected chi connectivity index (χ0v) is 18.6. The van der Waals surface area contributed by atoms with Crippen molar-refractivity contribution in [1.29, 1.82) is 0 Å². The van der Waals surface area contributed by atoms with Gasteiger partial charge < -0.3 is 10.2 Å². The lowest BCUT2D eigenvalue weighted by Crippen LogP contribution is -2.50. The minimum absolute atomic E-state index is 0.0864. The molecule has 0 aliphatic rings. The number of carbonyl (C=O) groups is 2. The molecule has 0 aliphatic heterocycles. The summed E-state index contributed by atoms with van der Waals surface area (Å²) in [6.45, 7) is 6.73. The van der Waals surface area contributed by atoms with Crippen molar-refractivity contribution < 1.29 is 9.59 Å². The predicted molar refractivity (Wildman–Crippen MR) is 119 cm³/mol. The summed E-state index contributed by atoms with van der Waals surface area (Å²) >= 11 is 12.2. The van der Waals surface area contributed by atoms with Crippen LogP contribution in [0.1, 0.15) is 38.3 Å². The molecule has 6 heteroatoms. The minimum Gasteiger partial charge on any atom is -0.354 e. The van der Waals surface area contributed by atoms with E-state index in [9.17, 15) is 9.59 Å². The van der Waals surface area contributed by atoms with Crippen molar-refractivity contribution >= 4 is 35.0 Å². The van der Waals surface area contributed by atoms with Crippen LogP contribution in [0.5, 0.6) is 0 Å². The zero-order chi connectivity index (χ0) is 21.4. The van der Waals surface area contributed by atoms with Crippen molar-refractivity contribution in [2.75, 3.05) is 6.54 Å². The minimum atomic E-state index is -0.613. The lowest BCUT2D eigenvalue weighted by Gasteiger charge is -2.31. The van der Waals surface area contributed by atoms with Gasteiger partial charge in [-0.2, -0.15) is 0 Å². The van der Waals surface area contributed by atoms with E-state index in [1.807, 2.05) is 50.2 Å². The van der Waals surface area contributed by atoms with Gasteiger partial charge in [0.05, 0.1) is 10.0 Å². The Hall–Kier alpha value is -2.04. The zero-order valence-electron chi connectivity index (χ0n) is 17.1. The van der Waals surface area contributed by atoms with Gasteiger partial charge >= 0.3 is 0 Å². The van der Waals surface area contributed by atoms with Gasteiger partial charge in [-0.05, 0) is 29.2 Å². The first kappa shape index (κ1) is 23.2. The number of nitrogens with zero attached hydrogens (tertiary/aromatic N) is 1. The topological polar surface area (TPSA) is 49.4 Å². The van der Waals surface area contributed by atoms with E-state index in [0.29, 0.717) is 35.3 Å². The Bertz CT molecular complexity index is 825. The predicted octanol–water partition coefficient (Wildman–Crippen LogP) is 5.12. The van der Waals surface area contributed by atoms with E-state index in [-0.39, 0.29) is 18.4 Å². The van der Waals surface area contributed by atoms with E-state index >= 15 is 0 Å². The van der Waals surface area contributed by atoms with E-state index in [1.165, 1.54) is 0 Å². The first-order valence-corrected chi connectivity index (χ1v) is 10.6. The van der Waals surface area contributed by atoms with Crippen molar-refractivity contribution in [3.05, 3.63) is 69.7 Å². The molecule has 0 heterocycles. The third-order valence-electron chi connectivity index (χ3n) is 4.60. The molecule has 1 N–H and O–H groups in total. The molecule has 0 saturated carbocycles. The highest BCUT2D eigenvalue weighted by molar-refractivity contribution is 6.42. The number of carbonyl (C=O) groups excluding carboxylic acids is 2. The molecular weight excluding hydrogens is 407 g/mol. The average molecular weight is 435 g/mol. The standard InChI is InChI=1S/C23H28Cl2N2O2/c1-4-22(28)27(15-18-10-11-19(24)20(25)12-18)21(23(29)26-14-16(2)3)13-17-8-6-5-7-9-17/h5-12,16,21H,4,13-15H2,1-3H3,(H,26,29)/t21-/m0/s1. The number of amides is 2. The van der Waals surface area contributed by atoms with E-state index in [2.05, 4.69) is 5.32 Å². The molecular formula is C23H28Cl2N2O2. The average Bonchev–Trinajstić information content (AvgIpc) is 2.71. The van der Waals surface area contributed by atoms with Crippen LogP contribution in [0.4, 0.5) is 0 Å². The van der Waals surface area contributed by atoms with Crippen LogP contribution in [0.15, 0.2) is 48.5 Å². The van der Waals surface area contributed by atoms with E-state index in [1.54, 1.807) is 24.0 Å². The first-order chi connectivity index (χ1) is 13.8. The summed E-state index contributed by atoms with van der Waals surface area (Å²) in [7, 11) is 0. The van der Waals surface area contributed by atoms with Crippen LogP contribution in [0, 0.1) is 5.92 Å². The summed E-state index contributed by atoms with van der Waals surface area (Å²) < 4.78 is 0. The second-order valence-corrected chi connectivity index (χ2v) is 8.28. The first-order valence-electron chi connectivity index (χ1n) is 9.86. The summed E-state index contributed by atoms with van der Waals surface area (Å²) in [4.78, 5) is 27.5. The molecule has 0 fully saturated rings. The Morgan fingerprint density at radius 3 is 2.28 bits per heavy atom. The van der Waals surface area contributed by atoms with Crippen molar-refractivity contribution in [1.82, 2.24) is 10.2 Å². The highest BCUT2D eigenvalue weighted by Crippen LogP contribution is 2.24. The van der Waals surface area contributed by atoms with Crippen molar-refractivity contribution in [2.45, 2.75) is 46.2 Å². The van der Waals surface area contributed by atoms with Crippen LogP contribution < -0.4 is 5.32 Å². The quantitative estimate of drug-likeness (QED) is 0.595. The van der Waals surface area contributed by atoms with Gasteiger partial charge in [0.25, 0.3) is 0 Å². The maximum absolute atomic E-state index is 13.1. The van der Waals surface area contributed by atoms with Crippen LogP contribution in [-0.2, 0) is 22.6 Å². The van der Waals surface area contributed by atoms with Gasteiger partial charge in [-0.1, -0.05) is 80.4 Å². The van der Waals surface area contributed by atoms with Gasteiger partial charge in [0.15, 0.2) is 0 Å². The van der Waals surface area contributed by atoms with E-state index in [4.69, 9.17) is 23.2 Å². The molecule has 0 aromatic heterocycles. The molecule has 2 rings (SSSR count). The fourth-order valence-electron chi connectivity index (χ4n) is 3.01. The molecule has 0 aliphatic carbocycles. The van der Waals surface area contributed by atoms with Crippen molar-refractivity contribution in [3.8, 4) is 0 Å². The van der Waals surface area contributed by atoms with Crippen LogP contribution in [0.2, 0.25) is 10.0 Å². The van der Waals surface area contributed by atoms with Crippen molar-refractivity contribution in [2.24, 2.45) is 5.92 Å². The van der Waals surface area contributed by atoms with E-state index < -0.39 is 6.04 Å². The SMILES string of the molecule is CCC(=O)N(Cc1ccc(Cl)c(Cl)c1)[C@@H](Cc1ccccc1)C(=O)NCC(C)C. The Kier molecular flexibility index (Phi) is 8.99. The third kappa shape index (κ3) is 7.06. The van der Waals surface area contributed by atoms with Gasteiger partial charge in [-0.15, -0.1) is 0 Å². The summed E-state index contributed by atoms with van der Waals surface area (Å²) in [5.74, 6) is 0.0860. The summed E-state index contributed by atoms with van der Waals surface area (Å²) in [5, 5.41) is 3.87. The lowest BCUT2D eigenvalue weighted by molar-refractivity contribution is -0.141. The molecule has 4 nitrogen and oxygen atoms in total. The van der Waals surface area contributed by atoms with Crippen molar-refractivity contribution in [3.63, 3.8) is 0 Å². The number of nitrogens with one attached hydrogen (secondary N) is 1. The number of hydrogen-bond donors (Lipinski definition) is 1. The summed E-state index contributed by atoms with van der Waals surface area (Å²) in [6.07, 6.45) is 0.752. The van der Waals surface area contributed by atoms with Gasteiger partial charge in [-0.3, -0.25) is 9.59 Å². The van der Waals surface area contributed by atoms with Crippen LogP contribution in [0.3, 0.4) is 0 Å². The largest absolute Gasteiger partial charge is 0.354 e. The fraction of sp³-hybridized carbons (Fsp3) is 0.391. The smallest absolute Gasteiger partial charge is 0.243 e. The monoisotopic (exact) mass is 434 g/mol. The molecule has 2 aromatic carbocycles. The highest BCUT2D eigenvalue weighted by atomic mass is 35.5. The Balaban J connectivity index is 2.34. The molecule has 0 radical (unpaired) electrons. The van der Waals surface area contributed by atoms with Crippen LogP contribution >= 0.6 is 23.2 Å². The maximum Gasteiger partial charge on any atom is 0.243 e. The van der Waals surface area contributed by atoms with Gasteiger partial charge in [0.1, 0.15) is 6.04 Å². The Labute approximate surface area is 183 Å². The Morgan fingerprint density at radius 2 is 1.69 bits per heavy atom. The lowest BCUT2D eigenvalue weighted by atomic mass is 10.0. The molecule has 156 valence electrons. The summed E-state index contributed by atoms with van der Waals surface area (Å²) in [6, 6.07) is 14.4. The molecule has 0 saturated heterocycles. The molecule has 0 bridgehead atoms. The molecule has 2 amide bonds. The second-order valence-electron chi connectivity index (χ2n) is 7.47. The number of benzene rings is 2. The molecule has 1 atom stereocenters. The molecule has 2 aromatic rings. The number of rotatable bonds is 9. The molecule has 0 spiro atoms. The number of hydrogen-bond acceptors (Lipinski definition) is 2. The fourth-order valence-corrected chi connectivity index (χ4v) is 3.33. The Morgan fingerprint density at radius 1 is 1.00 bits per heavy atom. The van der Waals surface area contributed by atoms with E-state index in [0.717, 1.165) is 11.1 Å². The normalized spacial score (nSPS) is 11.9. The highest BCUT2D eigenvalue weighted by Gasteiger charge is 2.29. The molecule has 29 heavy (non-hydrogen) atoms.